The first kappa shape index (κ1) is 29.6. The van der Waals surface area contributed by atoms with E-state index < -0.39 is 17.0 Å². The molecule has 2 aliphatic rings. The lowest BCUT2D eigenvalue weighted by molar-refractivity contribution is -0.384. The van der Waals surface area contributed by atoms with Gasteiger partial charge in [-0.1, -0.05) is 24.3 Å². The molecule has 0 saturated carbocycles. The van der Waals surface area contributed by atoms with Crippen LogP contribution in [0.4, 0.5) is 16.2 Å². The van der Waals surface area contributed by atoms with E-state index in [2.05, 4.69) is 31.4 Å². The van der Waals surface area contributed by atoms with Gasteiger partial charge in [-0.2, -0.15) is 0 Å². The zero-order valence-corrected chi connectivity index (χ0v) is 24.3. The normalized spacial score (nSPS) is 17.5. The molecular weight excluding hydrogens is 556 g/mol. The van der Waals surface area contributed by atoms with Crippen LogP contribution >= 0.6 is 0 Å². The highest BCUT2D eigenvalue weighted by atomic mass is 16.7. The highest BCUT2D eigenvalue weighted by Gasteiger charge is 2.36. The molecule has 0 bridgehead atoms. The third-order valence-electron chi connectivity index (χ3n) is 7.53. The van der Waals surface area contributed by atoms with Crippen LogP contribution in [0.2, 0.25) is 0 Å². The number of carbonyl (C=O) groups is 1. The second-order valence-corrected chi connectivity index (χ2v) is 10.2. The molecular formula is C30H34N6O7. The summed E-state index contributed by atoms with van der Waals surface area (Å²) in [6.07, 6.45) is 0.969. The largest absolute Gasteiger partial charge is 0.513 e. The van der Waals surface area contributed by atoms with Crippen molar-refractivity contribution in [1.82, 2.24) is 20.4 Å². The van der Waals surface area contributed by atoms with Crippen molar-refractivity contribution in [1.29, 1.82) is 0 Å². The fraction of sp³-hybridized carbons (Fsp3) is 0.367. The van der Waals surface area contributed by atoms with Gasteiger partial charge in [0.1, 0.15) is 11.5 Å². The Morgan fingerprint density at radius 1 is 1.12 bits per heavy atom. The van der Waals surface area contributed by atoms with Gasteiger partial charge in [0.15, 0.2) is 0 Å². The Morgan fingerprint density at radius 2 is 1.91 bits per heavy atom. The summed E-state index contributed by atoms with van der Waals surface area (Å²) in [4.78, 5) is 28.6. The topological polar surface area (TPSA) is 145 Å². The van der Waals surface area contributed by atoms with E-state index >= 15 is 0 Å². The zero-order valence-electron chi connectivity index (χ0n) is 24.3. The lowest BCUT2D eigenvalue weighted by atomic mass is 9.85. The molecule has 1 saturated heterocycles. The maximum absolute atomic E-state index is 12.9. The van der Waals surface area contributed by atoms with E-state index in [-0.39, 0.29) is 23.9 Å². The molecule has 1 unspecified atom stereocenters. The molecule has 43 heavy (non-hydrogen) atoms. The van der Waals surface area contributed by atoms with E-state index in [4.69, 9.17) is 18.6 Å². The molecule has 2 aromatic carbocycles. The SMILES string of the molecule is COc1ccccc1N1CCN(CCCOC(=O)OC2=C(C)NC(C)=C(c3nnco3)C2c2cccc([N+](=O)[O-])c2)CC1. The predicted molar refractivity (Wildman–Crippen MR) is 157 cm³/mol. The van der Waals surface area contributed by atoms with Crippen LogP contribution in [-0.4, -0.2) is 72.6 Å². The highest BCUT2D eigenvalue weighted by molar-refractivity contribution is 5.75. The van der Waals surface area contributed by atoms with Gasteiger partial charge >= 0.3 is 6.16 Å². The molecule has 0 aliphatic carbocycles. The summed E-state index contributed by atoms with van der Waals surface area (Å²) in [6, 6.07) is 14.2. The second-order valence-electron chi connectivity index (χ2n) is 10.2. The van der Waals surface area contributed by atoms with Crippen molar-refractivity contribution in [3.63, 3.8) is 0 Å². The molecule has 1 atom stereocenters. The van der Waals surface area contributed by atoms with Crippen molar-refractivity contribution < 1.29 is 28.3 Å². The lowest BCUT2D eigenvalue weighted by Crippen LogP contribution is -2.46. The number of anilines is 1. The van der Waals surface area contributed by atoms with Gasteiger partial charge < -0.3 is 28.8 Å². The number of ether oxygens (including phenoxy) is 3. The minimum absolute atomic E-state index is 0.0955. The fourth-order valence-electron chi connectivity index (χ4n) is 5.49. The van der Waals surface area contributed by atoms with Gasteiger partial charge in [-0.05, 0) is 38.0 Å². The van der Waals surface area contributed by atoms with Gasteiger partial charge in [0.05, 0.1) is 41.5 Å². The quantitative estimate of drug-likeness (QED) is 0.151. The molecule has 13 nitrogen and oxygen atoms in total. The standard InChI is InChI=1S/C30H34N6O7/c1-20-26(29-33-31-19-42-29)27(22-8-6-9-23(18-22)36(38)39)28(21(2)32-20)43-30(37)41-17-7-12-34-13-15-35(16-14-34)24-10-4-5-11-25(24)40-3/h4-6,8-11,18-19,27,32H,7,12-17H2,1-3H3. The van der Waals surface area contributed by atoms with Gasteiger partial charge in [0.25, 0.3) is 5.69 Å². The van der Waals surface area contributed by atoms with Crippen LogP contribution < -0.4 is 15.0 Å². The summed E-state index contributed by atoms with van der Waals surface area (Å²) in [5.74, 6) is 0.573. The van der Waals surface area contributed by atoms with E-state index in [1.165, 1.54) is 18.5 Å². The predicted octanol–water partition coefficient (Wildman–Crippen LogP) is 4.70. The molecule has 226 valence electrons. The summed E-state index contributed by atoms with van der Waals surface area (Å²) < 4.78 is 22.2. The van der Waals surface area contributed by atoms with Crippen LogP contribution in [-0.2, 0) is 9.47 Å². The van der Waals surface area contributed by atoms with Gasteiger partial charge in [-0.3, -0.25) is 15.0 Å². The maximum atomic E-state index is 12.9. The Hall–Kier alpha value is -4.91. The van der Waals surface area contributed by atoms with Crippen molar-refractivity contribution in [2.75, 3.05) is 51.3 Å². The number of nitrogens with one attached hydrogen (secondary N) is 1. The van der Waals surface area contributed by atoms with Crippen LogP contribution in [0.5, 0.6) is 5.75 Å². The molecule has 5 rings (SSSR count). The highest BCUT2D eigenvalue weighted by Crippen LogP contribution is 2.43. The Kier molecular flexibility index (Phi) is 9.20. The Morgan fingerprint density at radius 3 is 2.63 bits per heavy atom. The summed E-state index contributed by atoms with van der Waals surface area (Å²) in [6.45, 7) is 8.04. The average Bonchev–Trinajstić information content (AvgIpc) is 3.55. The van der Waals surface area contributed by atoms with Crippen molar-refractivity contribution >= 4 is 23.1 Å². The van der Waals surface area contributed by atoms with Crippen LogP contribution in [0.1, 0.15) is 37.6 Å². The number of rotatable bonds is 10. The number of methoxy groups -OCH3 is 1. The van der Waals surface area contributed by atoms with E-state index in [0.29, 0.717) is 29.0 Å². The molecule has 0 radical (unpaired) electrons. The van der Waals surface area contributed by atoms with Gasteiger partial charge in [-0.25, -0.2) is 4.79 Å². The average molecular weight is 591 g/mol. The van der Waals surface area contributed by atoms with Crippen LogP contribution in [0.25, 0.3) is 5.57 Å². The number of nitro groups is 1. The van der Waals surface area contributed by atoms with Crippen LogP contribution in [0, 0.1) is 10.1 Å². The number of hydrogen-bond donors (Lipinski definition) is 1. The number of hydrogen-bond acceptors (Lipinski definition) is 12. The summed E-state index contributed by atoms with van der Waals surface area (Å²) in [7, 11) is 1.68. The molecule has 2 aliphatic heterocycles. The smallest absolute Gasteiger partial charge is 0.495 e. The third kappa shape index (κ3) is 6.78. The molecule has 3 aromatic rings. The molecule has 1 N–H and O–H groups in total. The van der Waals surface area contributed by atoms with E-state index in [1.54, 1.807) is 26.2 Å². The lowest BCUT2D eigenvalue weighted by Gasteiger charge is -2.36. The molecule has 1 aromatic heterocycles. The van der Waals surface area contributed by atoms with Gasteiger partial charge in [0.2, 0.25) is 12.3 Å². The summed E-state index contributed by atoms with van der Waals surface area (Å²) in [5, 5.41) is 22.5. The van der Waals surface area contributed by atoms with Gasteiger partial charge in [0, 0.05) is 50.6 Å². The molecule has 1 fully saturated rings. The Labute approximate surface area is 248 Å². The number of nitrogens with zero attached hydrogens (tertiary/aromatic N) is 5. The third-order valence-corrected chi connectivity index (χ3v) is 7.53. The van der Waals surface area contributed by atoms with E-state index in [9.17, 15) is 14.9 Å². The van der Waals surface area contributed by atoms with E-state index in [0.717, 1.165) is 44.2 Å². The second kappa shape index (κ2) is 13.4. The Balaban J connectivity index is 1.19. The number of allylic oxidation sites excluding steroid dienone is 3. The minimum atomic E-state index is -0.864. The minimum Gasteiger partial charge on any atom is -0.495 e. The number of non-ortho nitro benzene ring substituents is 1. The van der Waals surface area contributed by atoms with Gasteiger partial charge in [-0.15, -0.1) is 10.2 Å². The molecule has 0 amide bonds. The first-order valence-corrected chi connectivity index (χ1v) is 14.0. The maximum Gasteiger partial charge on any atom is 0.513 e. The number of aromatic nitrogens is 2. The van der Waals surface area contributed by atoms with Crippen LogP contribution in [0.15, 0.2) is 76.5 Å². The number of benzene rings is 2. The first-order chi connectivity index (χ1) is 20.9. The summed E-state index contributed by atoms with van der Waals surface area (Å²) >= 11 is 0. The van der Waals surface area contributed by atoms with Crippen molar-refractivity contribution in [2.45, 2.75) is 26.2 Å². The zero-order chi connectivity index (χ0) is 30.3. The van der Waals surface area contributed by atoms with Crippen LogP contribution in [0.3, 0.4) is 0 Å². The van der Waals surface area contributed by atoms with E-state index in [1.807, 2.05) is 25.1 Å². The van der Waals surface area contributed by atoms with Crippen molar-refractivity contribution in [3.05, 3.63) is 93.6 Å². The summed E-state index contributed by atoms with van der Waals surface area (Å²) in [5.41, 5.74) is 3.30. The fourth-order valence-corrected chi connectivity index (χ4v) is 5.49. The Bertz CT molecular complexity index is 1510. The number of dihydropyridines is 1. The molecule has 3 heterocycles. The number of carbonyl (C=O) groups excluding carboxylic acids is 1. The number of para-hydroxylation sites is 2. The first-order valence-electron chi connectivity index (χ1n) is 14.0. The van der Waals surface area contributed by atoms with Crippen molar-refractivity contribution in [3.8, 4) is 5.75 Å². The number of nitro benzene ring substituents is 1. The van der Waals surface area contributed by atoms with Crippen molar-refractivity contribution in [2.24, 2.45) is 0 Å². The molecule has 0 spiro atoms. The molecule has 13 heteroatoms. The monoisotopic (exact) mass is 590 g/mol. The number of piperazine rings is 1.